The minimum atomic E-state index is 0. The van der Waals surface area contributed by atoms with E-state index in [1.54, 1.807) is 0 Å². The van der Waals surface area contributed by atoms with E-state index in [-0.39, 0.29) is 242 Å². The first-order chi connectivity index (χ1) is 0. The molecular weight excluding hydrogens is 766 g/mol. The van der Waals surface area contributed by atoms with Gasteiger partial charge in [-0.25, -0.2) is 0 Å². The van der Waals surface area contributed by atoms with Crippen LogP contribution in [0.2, 0.25) is 0 Å². The Morgan fingerprint density at radius 1 is 0.333 bits per heavy atom. The summed E-state index contributed by atoms with van der Waals surface area (Å²) in [5, 5.41) is 0. The van der Waals surface area contributed by atoms with Gasteiger partial charge in [-0.05, 0) is 0 Å². The van der Waals surface area contributed by atoms with Crippen molar-refractivity contribution in [1.29, 1.82) is 0 Å². The first kappa shape index (κ1) is 127. The van der Waals surface area contributed by atoms with Crippen LogP contribution in [-0.2, 0) is 0 Å². The van der Waals surface area contributed by atoms with Crippen LogP contribution in [0.1, 0.15) is 0 Å². The smallest absolute Gasteiger partial charge is 1.00 e. The minimum Gasteiger partial charge on any atom is -1.00 e. The summed E-state index contributed by atoms with van der Waals surface area (Å²) in [6.45, 7) is 0. The molecule has 0 aliphatic heterocycles. The molecule has 0 fully saturated rings. The summed E-state index contributed by atoms with van der Waals surface area (Å²) in [7, 11) is 0. The largest absolute Gasteiger partial charge is 3.00 e. The van der Waals surface area contributed by atoms with Gasteiger partial charge in [0.2, 0.25) is 0 Å². The zero-order chi connectivity index (χ0) is 0. The summed E-state index contributed by atoms with van der Waals surface area (Å²) in [5.74, 6) is 0. The summed E-state index contributed by atoms with van der Waals surface area (Å²) in [4.78, 5) is 0. The molecule has 0 atom stereocenters. The standard InChI is InChI=1S/9ClH.Eu.Nd.Sm/h9*1H;;;/q;;;;;;;;;3*+3/p-9. The van der Waals surface area contributed by atoms with Gasteiger partial charge in [-0.15, -0.1) is 0 Å². The summed E-state index contributed by atoms with van der Waals surface area (Å²) in [6, 6.07) is 0. The quantitative estimate of drug-likeness (QED) is 0.230. The average Bonchev–Trinajstić information content (AvgIpc) is 0. The van der Waals surface area contributed by atoms with Gasteiger partial charge < -0.3 is 112 Å². The third-order valence-electron chi connectivity index (χ3n) is 0. The van der Waals surface area contributed by atoms with Crippen LogP contribution in [0.3, 0.4) is 0 Å². The molecule has 0 saturated heterocycles. The van der Waals surface area contributed by atoms with E-state index < -0.39 is 0 Å². The van der Waals surface area contributed by atoms with Crippen LogP contribution in [0, 0.1) is 131 Å². The van der Waals surface area contributed by atoms with E-state index in [1.807, 2.05) is 0 Å². The second kappa shape index (κ2) is 108. The van der Waals surface area contributed by atoms with E-state index in [0.717, 1.165) is 0 Å². The molecule has 0 nitrogen and oxygen atoms in total. The molecule has 0 rings (SSSR count). The van der Waals surface area contributed by atoms with E-state index in [1.165, 1.54) is 0 Å². The van der Waals surface area contributed by atoms with Gasteiger partial charge >= 0.3 is 131 Å². The molecule has 0 aliphatic carbocycles. The van der Waals surface area contributed by atoms with Crippen molar-refractivity contribution in [1.82, 2.24) is 0 Å². The fourth-order valence-corrected chi connectivity index (χ4v) is 0. The third kappa shape index (κ3) is 89.9. The van der Waals surface area contributed by atoms with E-state index >= 15 is 0 Å². The molecule has 12 heteroatoms. The van der Waals surface area contributed by atoms with Crippen LogP contribution < -0.4 is 112 Å². The Hall–Kier alpha value is 6.88. The minimum absolute atomic E-state index is 0. The molecule has 0 aromatic heterocycles. The molecule has 0 spiro atoms. The monoisotopic (exact) mass is 761 g/mol. The van der Waals surface area contributed by atoms with Crippen LogP contribution >= 0.6 is 0 Å². The zero-order valence-corrected chi connectivity index (χ0v) is 19.7. The second-order valence-electron chi connectivity index (χ2n) is 0. The van der Waals surface area contributed by atoms with Crippen molar-refractivity contribution in [3.63, 3.8) is 0 Å². The number of hydrogen-bond acceptors (Lipinski definition) is 0. The summed E-state index contributed by atoms with van der Waals surface area (Å²) >= 11 is 0. The van der Waals surface area contributed by atoms with Crippen LogP contribution in [0.4, 0.5) is 0 Å². The Labute approximate surface area is 235 Å². The molecular formula is Cl9EuNdSm. The maximum atomic E-state index is 0. The fourth-order valence-electron chi connectivity index (χ4n) is 0. The van der Waals surface area contributed by atoms with Gasteiger partial charge in [0.15, 0.2) is 0 Å². The summed E-state index contributed by atoms with van der Waals surface area (Å²) in [5.41, 5.74) is 0. The molecule has 12 heavy (non-hydrogen) atoms. The Kier molecular flexibility index (Phi) is 1140. The Morgan fingerprint density at radius 3 is 0.333 bits per heavy atom. The molecule has 0 unspecified atom stereocenters. The van der Waals surface area contributed by atoms with E-state index in [4.69, 9.17) is 0 Å². The van der Waals surface area contributed by atoms with E-state index in [2.05, 4.69) is 0 Å². The third-order valence-corrected chi connectivity index (χ3v) is 0. The Balaban J connectivity index is 0. The van der Waals surface area contributed by atoms with Crippen molar-refractivity contribution in [3.8, 4) is 0 Å². The molecule has 0 aromatic carbocycles. The van der Waals surface area contributed by atoms with Gasteiger partial charge in [0.05, 0.1) is 0 Å². The van der Waals surface area contributed by atoms with Crippen LogP contribution in [0.5, 0.6) is 0 Å². The van der Waals surface area contributed by atoms with Gasteiger partial charge in [-0.2, -0.15) is 0 Å². The molecule has 0 bridgehead atoms. The summed E-state index contributed by atoms with van der Waals surface area (Å²) < 4.78 is 0. The normalized spacial score (nSPS) is 0. The van der Waals surface area contributed by atoms with Gasteiger partial charge in [-0.1, -0.05) is 0 Å². The van der Waals surface area contributed by atoms with Crippen LogP contribution in [0.25, 0.3) is 0 Å². The van der Waals surface area contributed by atoms with Gasteiger partial charge in [0, 0.05) is 0 Å². The molecule has 0 aromatic rings. The number of halogens is 9. The molecule has 0 amide bonds. The van der Waals surface area contributed by atoms with Crippen LogP contribution in [0.15, 0.2) is 0 Å². The van der Waals surface area contributed by atoms with Crippen molar-refractivity contribution in [2.75, 3.05) is 0 Å². The van der Waals surface area contributed by atoms with Crippen molar-refractivity contribution >= 4 is 0 Å². The maximum Gasteiger partial charge on any atom is 3.00 e. The maximum absolute atomic E-state index is 0. The van der Waals surface area contributed by atoms with Crippen molar-refractivity contribution < 1.29 is 242 Å². The molecule has 80 valence electrons. The molecule has 2 radical (unpaired) electrons. The van der Waals surface area contributed by atoms with Crippen LogP contribution in [-0.4, -0.2) is 0 Å². The number of hydrogen-bond donors (Lipinski definition) is 0. The SMILES string of the molecule is [Cl-].[Cl-].[Cl-].[Cl-].[Cl-].[Cl-].[Cl-].[Cl-].[Cl-].[Eu+3].[Nd+3].[Sm+3]. The first-order valence-corrected chi connectivity index (χ1v) is 0. The zero-order valence-electron chi connectivity index (χ0n) is 4.69. The molecule has 0 N–H and O–H groups in total. The van der Waals surface area contributed by atoms with Gasteiger partial charge in [-0.3, -0.25) is 0 Å². The number of rotatable bonds is 0. The summed E-state index contributed by atoms with van der Waals surface area (Å²) in [6.07, 6.45) is 0. The second-order valence-corrected chi connectivity index (χ2v) is 0. The van der Waals surface area contributed by atoms with E-state index in [9.17, 15) is 0 Å². The van der Waals surface area contributed by atoms with Crippen molar-refractivity contribution in [2.24, 2.45) is 0 Å². The fraction of sp³-hybridized carbons (Fsp3) is 0. The van der Waals surface area contributed by atoms with Crippen molar-refractivity contribution in [2.45, 2.75) is 0 Å². The van der Waals surface area contributed by atoms with Gasteiger partial charge in [0.1, 0.15) is 0 Å². The molecule has 0 saturated carbocycles. The average molecular weight is 766 g/mol. The topological polar surface area (TPSA) is 0 Å². The molecule has 0 aliphatic rings. The first-order valence-electron chi connectivity index (χ1n) is 0. The predicted octanol–water partition coefficient (Wildman–Crippen LogP) is -27.0. The Bertz CT molecular complexity index is 14.5. The van der Waals surface area contributed by atoms with Gasteiger partial charge in [0.25, 0.3) is 0 Å². The molecule has 0 heterocycles. The predicted molar refractivity (Wildman–Crippen MR) is 0 cm³/mol. The van der Waals surface area contributed by atoms with E-state index in [0.29, 0.717) is 0 Å². The Morgan fingerprint density at radius 2 is 0.333 bits per heavy atom. The van der Waals surface area contributed by atoms with Crippen molar-refractivity contribution in [3.05, 3.63) is 0 Å².